The summed E-state index contributed by atoms with van der Waals surface area (Å²) in [6.07, 6.45) is 4.37. The van der Waals surface area contributed by atoms with Crippen molar-refractivity contribution in [2.75, 3.05) is 26.2 Å². The highest BCUT2D eigenvalue weighted by Crippen LogP contribution is 2.25. The van der Waals surface area contributed by atoms with Gasteiger partial charge in [0.1, 0.15) is 0 Å². The molecular weight excluding hydrogens is 276 g/mol. The molecule has 21 heavy (non-hydrogen) atoms. The van der Waals surface area contributed by atoms with E-state index >= 15 is 0 Å². The van der Waals surface area contributed by atoms with Crippen LogP contribution in [0.1, 0.15) is 32.1 Å². The number of hydrogen-bond acceptors (Lipinski definition) is 3. The lowest BCUT2D eigenvalue weighted by atomic mass is 9.85. The standard InChI is InChI=1S/C14H22N2O5/c17-12(18)10-5-8-16(9-11(10)13(19)20)14(21)15-6-3-1-2-4-7-15/h10-11H,1-9H2,(H,17,18)(H,19,20). The summed E-state index contributed by atoms with van der Waals surface area (Å²) in [7, 11) is 0. The molecule has 0 bridgehead atoms. The molecule has 2 aliphatic rings. The van der Waals surface area contributed by atoms with Crippen LogP contribution in [0.5, 0.6) is 0 Å². The van der Waals surface area contributed by atoms with Crippen molar-refractivity contribution >= 4 is 18.0 Å². The van der Waals surface area contributed by atoms with E-state index in [0.29, 0.717) is 19.6 Å². The highest BCUT2D eigenvalue weighted by molar-refractivity contribution is 5.82. The molecule has 2 atom stereocenters. The van der Waals surface area contributed by atoms with Crippen LogP contribution in [0.3, 0.4) is 0 Å². The molecule has 0 aliphatic carbocycles. The molecule has 0 spiro atoms. The Morgan fingerprint density at radius 2 is 1.33 bits per heavy atom. The summed E-state index contributed by atoms with van der Waals surface area (Å²) in [5.74, 6) is -4.16. The Morgan fingerprint density at radius 3 is 1.86 bits per heavy atom. The maximum absolute atomic E-state index is 12.5. The Labute approximate surface area is 123 Å². The predicted octanol–water partition coefficient (Wildman–Crippen LogP) is 1.09. The van der Waals surface area contributed by atoms with Gasteiger partial charge < -0.3 is 20.0 Å². The SMILES string of the molecule is O=C(O)C1CCN(C(=O)N2CCCCCC2)CC1C(=O)O. The van der Waals surface area contributed by atoms with Gasteiger partial charge in [0.15, 0.2) is 0 Å². The van der Waals surface area contributed by atoms with Crippen molar-refractivity contribution < 1.29 is 24.6 Å². The average Bonchev–Trinajstić information content (AvgIpc) is 2.74. The number of carboxylic acids is 2. The number of piperidine rings is 1. The van der Waals surface area contributed by atoms with E-state index in [1.54, 1.807) is 4.90 Å². The third-order valence-corrected chi connectivity index (χ3v) is 4.39. The molecule has 2 aliphatic heterocycles. The summed E-state index contributed by atoms with van der Waals surface area (Å²) in [6.45, 7) is 1.71. The molecule has 2 saturated heterocycles. The lowest BCUT2D eigenvalue weighted by Gasteiger charge is -2.37. The van der Waals surface area contributed by atoms with Crippen LogP contribution in [0, 0.1) is 11.8 Å². The van der Waals surface area contributed by atoms with E-state index in [1.165, 1.54) is 4.90 Å². The summed E-state index contributed by atoms with van der Waals surface area (Å²) >= 11 is 0. The molecule has 0 aromatic carbocycles. The molecular formula is C14H22N2O5. The highest BCUT2D eigenvalue weighted by atomic mass is 16.4. The van der Waals surface area contributed by atoms with Crippen LogP contribution in [0.15, 0.2) is 0 Å². The molecule has 2 amide bonds. The van der Waals surface area contributed by atoms with Crippen LogP contribution in [0.4, 0.5) is 4.79 Å². The molecule has 2 heterocycles. The van der Waals surface area contributed by atoms with Gasteiger partial charge in [-0.05, 0) is 19.3 Å². The van der Waals surface area contributed by atoms with Gasteiger partial charge in [-0.3, -0.25) is 9.59 Å². The first kappa shape index (κ1) is 15.6. The minimum Gasteiger partial charge on any atom is -0.481 e. The van der Waals surface area contributed by atoms with E-state index in [2.05, 4.69) is 0 Å². The lowest BCUT2D eigenvalue weighted by molar-refractivity contribution is -0.156. The van der Waals surface area contributed by atoms with E-state index in [-0.39, 0.29) is 19.0 Å². The van der Waals surface area contributed by atoms with Crippen LogP contribution in [0.2, 0.25) is 0 Å². The molecule has 2 unspecified atom stereocenters. The van der Waals surface area contributed by atoms with Gasteiger partial charge in [0.05, 0.1) is 11.8 Å². The van der Waals surface area contributed by atoms with Crippen LogP contribution < -0.4 is 0 Å². The first-order valence-electron chi connectivity index (χ1n) is 7.50. The Hall–Kier alpha value is -1.79. The maximum atomic E-state index is 12.5. The minimum absolute atomic E-state index is 0.0123. The number of carbonyl (C=O) groups is 3. The van der Waals surface area contributed by atoms with Gasteiger partial charge in [0.2, 0.25) is 0 Å². The number of amides is 2. The molecule has 0 radical (unpaired) electrons. The zero-order chi connectivity index (χ0) is 15.4. The number of carboxylic acid groups (broad SMARTS) is 2. The molecule has 2 fully saturated rings. The van der Waals surface area contributed by atoms with Crippen molar-refractivity contribution in [3.63, 3.8) is 0 Å². The molecule has 7 heteroatoms. The lowest BCUT2D eigenvalue weighted by Crippen LogP contribution is -2.52. The van der Waals surface area contributed by atoms with Gasteiger partial charge in [-0.25, -0.2) is 4.79 Å². The monoisotopic (exact) mass is 298 g/mol. The first-order valence-corrected chi connectivity index (χ1v) is 7.50. The Balaban J connectivity index is 2.02. The number of nitrogens with zero attached hydrogens (tertiary/aromatic N) is 2. The van der Waals surface area contributed by atoms with Gasteiger partial charge in [-0.15, -0.1) is 0 Å². The van der Waals surface area contributed by atoms with E-state index in [4.69, 9.17) is 5.11 Å². The van der Waals surface area contributed by atoms with Crippen LogP contribution in [-0.2, 0) is 9.59 Å². The minimum atomic E-state index is -1.14. The predicted molar refractivity (Wildman–Crippen MR) is 73.9 cm³/mol. The van der Waals surface area contributed by atoms with E-state index in [0.717, 1.165) is 25.7 Å². The Bertz CT molecular complexity index is 418. The number of urea groups is 1. The van der Waals surface area contributed by atoms with Crippen LogP contribution >= 0.6 is 0 Å². The van der Waals surface area contributed by atoms with Crippen molar-refractivity contribution in [1.29, 1.82) is 0 Å². The van der Waals surface area contributed by atoms with Crippen molar-refractivity contribution in [2.45, 2.75) is 32.1 Å². The molecule has 2 rings (SSSR count). The van der Waals surface area contributed by atoms with Gasteiger partial charge in [0, 0.05) is 26.2 Å². The van der Waals surface area contributed by atoms with Gasteiger partial charge in [-0.2, -0.15) is 0 Å². The van der Waals surface area contributed by atoms with E-state index < -0.39 is 23.8 Å². The van der Waals surface area contributed by atoms with E-state index in [9.17, 15) is 19.5 Å². The number of rotatable bonds is 2. The summed E-state index contributed by atoms with van der Waals surface area (Å²) in [5, 5.41) is 18.3. The second-order valence-electron chi connectivity index (χ2n) is 5.81. The van der Waals surface area contributed by atoms with Gasteiger partial charge in [0.25, 0.3) is 0 Å². The number of likely N-dealkylation sites (tertiary alicyclic amines) is 2. The largest absolute Gasteiger partial charge is 0.481 e. The van der Waals surface area contributed by atoms with Crippen molar-refractivity contribution in [1.82, 2.24) is 9.80 Å². The highest BCUT2D eigenvalue weighted by Gasteiger charge is 2.40. The van der Waals surface area contributed by atoms with Gasteiger partial charge in [-0.1, -0.05) is 12.8 Å². The summed E-state index contributed by atoms with van der Waals surface area (Å²) in [5.41, 5.74) is 0. The third kappa shape index (κ3) is 3.65. The quantitative estimate of drug-likeness (QED) is 0.795. The average molecular weight is 298 g/mol. The van der Waals surface area contributed by atoms with Crippen LogP contribution in [-0.4, -0.2) is 64.2 Å². The fraction of sp³-hybridized carbons (Fsp3) is 0.786. The summed E-state index contributed by atoms with van der Waals surface area (Å²) in [6, 6.07) is -0.146. The third-order valence-electron chi connectivity index (χ3n) is 4.39. The molecule has 118 valence electrons. The normalized spacial score (nSPS) is 27.0. The van der Waals surface area contributed by atoms with Crippen LogP contribution in [0.25, 0.3) is 0 Å². The zero-order valence-corrected chi connectivity index (χ0v) is 12.0. The van der Waals surface area contributed by atoms with Crippen molar-refractivity contribution in [3.8, 4) is 0 Å². The van der Waals surface area contributed by atoms with Crippen molar-refractivity contribution in [2.24, 2.45) is 11.8 Å². The summed E-state index contributed by atoms with van der Waals surface area (Å²) in [4.78, 5) is 38.1. The fourth-order valence-corrected chi connectivity index (χ4v) is 3.13. The number of carbonyl (C=O) groups excluding carboxylic acids is 1. The summed E-state index contributed by atoms with van der Waals surface area (Å²) < 4.78 is 0. The molecule has 7 nitrogen and oxygen atoms in total. The smallest absolute Gasteiger partial charge is 0.320 e. The molecule has 0 aromatic heterocycles. The van der Waals surface area contributed by atoms with Crippen molar-refractivity contribution in [3.05, 3.63) is 0 Å². The van der Waals surface area contributed by atoms with Gasteiger partial charge >= 0.3 is 18.0 Å². The van der Waals surface area contributed by atoms with E-state index in [1.807, 2.05) is 0 Å². The topological polar surface area (TPSA) is 98.2 Å². The number of hydrogen-bond donors (Lipinski definition) is 2. The Morgan fingerprint density at radius 1 is 0.762 bits per heavy atom. The fourth-order valence-electron chi connectivity index (χ4n) is 3.13. The maximum Gasteiger partial charge on any atom is 0.320 e. The zero-order valence-electron chi connectivity index (χ0n) is 12.0. The second kappa shape index (κ2) is 6.78. The molecule has 0 aromatic rings. The molecule has 2 N–H and O–H groups in total. The molecule has 0 saturated carbocycles. The first-order chi connectivity index (χ1) is 10.0. The Kier molecular flexibility index (Phi) is 5.03. The number of aliphatic carboxylic acids is 2. The second-order valence-corrected chi connectivity index (χ2v) is 5.81.